The number of carbonyl (C=O) groups is 4. The van der Waals surface area contributed by atoms with Crippen LogP contribution in [-0.4, -0.2) is 84.9 Å². The minimum Gasteiger partial charge on any atom is -0.480 e. The molecule has 2 atom stereocenters. The van der Waals surface area contributed by atoms with Gasteiger partial charge in [-0.2, -0.15) is 16.8 Å². The fourth-order valence-corrected chi connectivity index (χ4v) is 5.08. The Kier molecular flexibility index (Phi) is 8.85. The van der Waals surface area contributed by atoms with Gasteiger partial charge >= 0.3 is 5.97 Å². The van der Waals surface area contributed by atoms with Gasteiger partial charge in [-0.1, -0.05) is 48.5 Å². The quantitative estimate of drug-likeness (QED) is 0.125. The van der Waals surface area contributed by atoms with E-state index in [1.54, 1.807) is 53.8 Å². The van der Waals surface area contributed by atoms with Gasteiger partial charge in [0.1, 0.15) is 6.54 Å². The zero-order valence-electron chi connectivity index (χ0n) is 19.9. The Hall–Kier alpha value is -4.12. The molecule has 2 unspecified atom stereocenters. The van der Waals surface area contributed by atoms with Crippen LogP contribution in [0.3, 0.4) is 0 Å². The summed E-state index contributed by atoms with van der Waals surface area (Å²) in [6, 6.07) is 15.7. The van der Waals surface area contributed by atoms with Crippen molar-refractivity contribution in [3.8, 4) is 0 Å². The fourth-order valence-electron chi connectivity index (χ4n) is 3.78. The van der Waals surface area contributed by atoms with Gasteiger partial charge < -0.3 is 21.1 Å². The summed E-state index contributed by atoms with van der Waals surface area (Å²) in [4.78, 5) is 48.3. The van der Waals surface area contributed by atoms with Crippen molar-refractivity contribution in [2.75, 3.05) is 19.6 Å². The molecule has 0 saturated heterocycles. The Labute approximate surface area is 221 Å². The molecule has 0 radical (unpaired) electrons. The maximum Gasteiger partial charge on any atom is 0.322 e. The van der Waals surface area contributed by atoms with E-state index in [4.69, 9.17) is 5.11 Å². The smallest absolute Gasteiger partial charge is 0.322 e. The number of benzene rings is 3. The maximum absolute atomic E-state index is 13.2. The molecule has 6 N–H and O–H groups in total. The Morgan fingerprint density at radius 1 is 0.692 bits per heavy atom. The van der Waals surface area contributed by atoms with E-state index in [1.807, 2.05) is 11.4 Å². The van der Waals surface area contributed by atoms with E-state index in [2.05, 4.69) is 5.32 Å². The van der Waals surface area contributed by atoms with Crippen molar-refractivity contribution < 1.29 is 50.2 Å². The highest BCUT2D eigenvalue weighted by molar-refractivity contribution is 7.87. The van der Waals surface area contributed by atoms with Gasteiger partial charge in [0.25, 0.3) is 26.1 Å². The van der Waals surface area contributed by atoms with Gasteiger partial charge in [0, 0.05) is 13.1 Å². The predicted octanol–water partition coefficient (Wildman–Crippen LogP) is -0.447. The van der Waals surface area contributed by atoms with Crippen LogP contribution in [0.15, 0.2) is 54.6 Å². The molecule has 3 aromatic carbocycles. The molecule has 0 spiro atoms. The molecule has 0 heterocycles. The molecule has 16 heteroatoms. The largest absolute Gasteiger partial charge is 0.480 e. The topological polar surface area (TPSA) is 233 Å². The number of hydrogen-bond donors (Lipinski definition) is 6. The van der Waals surface area contributed by atoms with Gasteiger partial charge in [0.15, 0.2) is 10.5 Å². The number of fused-ring (bicyclic) bond motifs is 2. The molecule has 0 saturated carbocycles. The van der Waals surface area contributed by atoms with E-state index in [-0.39, 0.29) is 5.56 Å². The SMILES string of the molecule is O=C(O)CNC(=O)C(CNC(=O)C(CNC(=O)c1c2ccccc2cc2ccccc12)S(=O)(=O)O)S(=O)(=O)O. The molecule has 3 amide bonds. The third kappa shape index (κ3) is 7.26. The first-order chi connectivity index (χ1) is 18.2. The normalized spacial score (nSPS) is 13.4. The van der Waals surface area contributed by atoms with E-state index in [1.165, 1.54) is 0 Å². The minimum absolute atomic E-state index is 0.180. The van der Waals surface area contributed by atoms with E-state index in [0.29, 0.717) is 21.5 Å². The molecule has 208 valence electrons. The first-order valence-electron chi connectivity index (χ1n) is 11.1. The van der Waals surface area contributed by atoms with Gasteiger partial charge in [-0.25, -0.2) is 0 Å². The molecule has 0 aliphatic carbocycles. The van der Waals surface area contributed by atoms with Crippen LogP contribution in [0.25, 0.3) is 21.5 Å². The zero-order chi connectivity index (χ0) is 29.0. The highest BCUT2D eigenvalue weighted by Crippen LogP contribution is 2.28. The number of aliphatic carboxylic acids is 1. The summed E-state index contributed by atoms with van der Waals surface area (Å²) in [6.07, 6.45) is 0. The first-order valence-corrected chi connectivity index (χ1v) is 14.1. The Morgan fingerprint density at radius 2 is 1.13 bits per heavy atom. The van der Waals surface area contributed by atoms with Gasteiger partial charge in [-0.15, -0.1) is 0 Å². The van der Waals surface area contributed by atoms with Crippen LogP contribution in [0.5, 0.6) is 0 Å². The molecule has 3 rings (SSSR count). The van der Waals surface area contributed by atoms with Crippen LogP contribution in [0.1, 0.15) is 10.4 Å². The average Bonchev–Trinajstić information content (AvgIpc) is 2.84. The lowest BCUT2D eigenvalue weighted by atomic mass is 9.96. The molecular weight excluding hydrogens is 558 g/mol. The Morgan fingerprint density at radius 3 is 1.59 bits per heavy atom. The van der Waals surface area contributed by atoms with Gasteiger partial charge in [-0.3, -0.25) is 28.3 Å². The number of amides is 3. The number of hydrogen-bond acceptors (Lipinski definition) is 8. The lowest BCUT2D eigenvalue weighted by Crippen LogP contribution is -2.52. The second-order valence-corrected chi connectivity index (χ2v) is 11.5. The molecule has 0 aliphatic rings. The van der Waals surface area contributed by atoms with Crippen molar-refractivity contribution in [2.45, 2.75) is 10.5 Å². The summed E-state index contributed by atoms with van der Waals surface area (Å²) < 4.78 is 65.9. The average molecular weight is 582 g/mol. The summed E-state index contributed by atoms with van der Waals surface area (Å²) in [7, 11) is -10.3. The Bertz CT molecular complexity index is 1620. The lowest BCUT2D eigenvalue weighted by Gasteiger charge is -2.18. The van der Waals surface area contributed by atoms with E-state index in [9.17, 15) is 45.1 Å². The van der Waals surface area contributed by atoms with E-state index < -0.39 is 74.1 Å². The van der Waals surface area contributed by atoms with Crippen molar-refractivity contribution in [3.05, 3.63) is 60.2 Å². The van der Waals surface area contributed by atoms with Crippen LogP contribution >= 0.6 is 0 Å². The zero-order valence-corrected chi connectivity index (χ0v) is 21.5. The highest BCUT2D eigenvalue weighted by atomic mass is 32.2. The molecule has 0 aromatic heterocycles. The molecule has 0 aliphatic heterocycles. The van der Waals surface area contributed by atoms with Crippen LogP contribution in [0.4, 0.5) is 0 Å². The minimum atomic E-state index is -5.17. The number of nitrogens with one attached hydrogen (secondary N) is 3. The number of carbonyl (C=O) groups excluding carboxylic acids is 3. The monoisotopic (exact) mass is 581 g/mol. The first kappa shape index (κ1) is 29.4. The summed E-state index contributed by atoms with van der Waals surface area (Å²) >= 11 is 0. The maximum atomic E-state index is 13.2. The number of carboxylic acids is 1. The van der Waals surface area contributed by atoms with Gasteiger partial charge in [-0.05, 0) is 27.6 Å². The highest BCUT2D eigenvalue weighted by Gasteiger charge is 2.36. The summed E-state index contributed by atoms with van der Waals surface area (Å²) in [5, 5.41) is 12.2. The van der Waals surface area contributed by atoms with Gasteiger partial charge in [0.2, 0.25) is 11.8 Å². The summed E-state index contributed by atoms with van der Waals surface area (Å²) in [5.74, 6) is -5.28. The summed E-state index contributed by atoms with van der Waals surface area (Å²) in [5.41, 5.74) is 0.180. The second kappa shape index (κ2) is 11.7. The molecule has 0 bridgehead atoms. The number of rotatable bonds is 11. The van der Waals surface area contributed by atoms with Crippen LogP contribution < -0.4 is 16.0 Å². The third-order valence-corrected chi connectivity index (χ3v) is 7.83. The van der Waals surface area contributed by atoms with Crippen molar-refractivity contribution in [1.29, 1.82) is 0 Å². The summed E-state index contributed by atoms with van der Waals surface area (Å²) in [6.45, 7) is -3.11. The lowest BCUT2D eigenvalue weighted by molar-refractivity contribution is -0.138. The molecule has 14 nitrogen and oxygen atoms in total. The Balaban J connectivity index is 1.82. The molecule has 39 heavy (non-hydrogen) atoms. The van der Waals surface area contributed by atoms with Crippen LogP contribution in [0, 0.1) is 0 Å². The fraction of sp³-hybridized carbons (Fsp3) is 0.217. The molecular formula is C23H23N3O11S2. The van der Waals surface area contributed by atoms with Crippen LogP contribution in [-0.2, 0) is 34.6 Å². The van der Waals surface area contributed by atoms with Crippen molar-refractivity contribution in [1.82, 2.24) is 16.0 Å². The van der Waals surface area contributed by atoms with Crippen LogP contribution in [0.2, 0.25) is 0 Å². The number of carboxylic acid groups (broad SMARTS) is 1. The molecule has 0 fully saturated rings. The predicted molar refractivity (Wildman–Crippen MR) is 138 cm³/mol. The van der Waals surface area contributed by atoms with E-state index in [0.717, 1.165) is 0 Å². The standard InChI is InChI=1S/C23H23N3O11S2/c27-19(28)12-26-22(30)17(38(32,33)34)10-24-21(29)18(39(35,36)37)11-25-23(31)20-15-7-3-1-5-13(15)9-14-6-2-4-8-16(14)20/h1-9,17-18H,10-12H2,(H,24,29)(H,25,31)(H,26,30)(H,27,28)(H,32,33,34)(H,35,36,37). The third-order valence-electron chi connectivity index (χ3n) is 5.63. The van der Waals surface area contributed by atoms with Crippen molar-refractivity contribution in [3.63, 3.8) is 0 Å². The molecule has 3 aromatic rings. The van der Waals surface area contributed by atoms with Crippen molar-refractivity contribution in [2.24, 2.45) is 0 Å². The van der Waals surface area contributed by atoms with E-state index >= 15 is 0 Å². The van der Waals surface area contributed by atoms with Gasteiger partial charge in [0.05, 0.1) is 5.56 Å². The van der Waals surface area contributed by atoms with Crippen molar-refractivity contribution >= 4 is 65.5 Å². The second-order valence-electron chi connectivity index (χ2n) is 8.27.